The summed E-state index contributed by atoms with van der Waals surface area (Å²) in [5.41, 5.74) is 0.837. The van der Waals surface area contributed by atoms with Gasteiger partial charge in [0.2, 0.25) is 5.91 Å². The summed E-state index contributed by atoms with van der Waals surface area (Å²) >= 11 is 1.42. The molecule has 0 spiro atoms. The Hall–Kier alpha value is -2.34. The largest absolute Gasteiger partial charge is 0.461 e. The van der Waals surface area contributed by atoms with Crippen molar-refractivity contribution < 1.29 is 9.21 Å². The number of nitrogens with one attached hydrogen (secondary N) is 1. The predicted molar refractivity (Wildman–Crippen MR) is 95.9 cm³/mol. The van der Waals surface area contributed by atoms with E-state index in [1.807, 2.05) is 44.2 Å². The zero-order chi connectivity index (χ0) is 16.9. The van der Waals surface area contributed by atoms with Crippen LogP contribution in [0.3, 0.4) is 0 Å². The molecular formula is C18H19N3O2S. The average Bonchev–Trinajstić information content (AvgIpc) is 3.14. The van der Waals surface area contributed by atoms with Gasteiger partial charge in [-0.2, -0.15) is 0 Å². The van der Waals surface area contributed by atoms with E-state index in [1.165, 1.54) is 11.8 Å². The average molecular weight is 341 g/mol. The Kier molecular flexibility index (Phi) is 5.15. The van der Waals surface area contributed by atoms with E-state index in [1.54, 1.807) is 12.3 Å². The predicted octanol–water partition coefficient (Wildman–Crippen LogP) is 3.90. The van der Waals surface area contributed by atoms with Gasteiger partial charge in [-0.05, 0) is 31.5 Å². The normalized spacial score (nSPS) is 12.2. The van der Waals surface area contributed by atoms with Crippen LogP contribution in [0.25, 0.3) is 22.5 Å². The maximum atomic E-state index is 12.0. The van der Waals surface area contributed by atoms with Crippen LogP contribution in [0.2, 0.25) is 0 Å². The lowest BCUT2D eigenvalue weighted by Gasteiger charge is -2.11. The molecule has 3 aromatic rings. The number of furan rings is 1. The minimum atomic E-state index is 0.0107. The van der Waals surface area contributed by atoms with E-state index in [2.05, 4.69) is 15.3 Å². The molecule has 6 heteroatoms. The fraction of sp³-hybridized carbons (Fsp3) is 0.278. The second kappa shape index (κ2) is 7.49. The number of aromatic nitrogens is 2. The van der Waals surface area contributed by atoms with E-state index in [0.29, 0.717) is 17.3 Å². The molecule has 3 rings (SSSR count). The molecule has 1 N–H and O–H groups in total. The second-order valence-corrected chi connectivity index (χ2v) is 6.48. The van der Waals surface area contributed by atoms with Gasteiger partial charge in [-0.1, -0.05) is 36.9 Å². The Morgan fingerprint density at radius 1 is 1.25 bits per heavy atom. The van der Waals surface area contributed by atoms with Crippen LogP contribution < -0.4 is 5.32 Å². The van der Waals surface area contributed by atoms with Crippen molar-refractivity contribution in [1.29, 1.82) is 0 Å². The molecule has 0 saturated carbocycles. The number of carbonyl (C=O) groups is 1. The molecule has 1 atom stereocenters. The number of para-hydroxylation sites is 1. The highest BCUT2D eigenvalue weighted by Crippen LogP contribution is 2.28. The van der Waals surface area contributed by atoms with Crippen molar-refractivity contribution in [2.45, 2.75) is 31.3 Å². The first-order valence-electron chi connectivity index (χ1n) is 7.90. The van der Waals surface area contributed by atoms with E-state index >= 15 is 0 Å². The fourth-order valence-electron chi connectivity index (χ4n) is 2.23. The van der Waals surface area contributed by atoms with Gasteiger partial charge < -0.3 is 9.73 Å². The number of hydrogen-bond acceptors (Lipinski definition) is 5. The fourth-order valence-corrected chi connectivity index (χ4v) is 3.06. The summed E-state index contributed by atoms with van der Waals surface area (Å²) < 4.78 is 5.40. The third-order valence-corrected chi connectivity index (χ3v) is 4.66. The first-order valence-corrected chi connectivity index (χ1v) is 8.88. The zero-order valence-electron chi connectivity index (χ0n) is 13.7. The summed E-state index contributed by atoms with van der Waals surface area (Å²) in [5, 5.41) is 4.69. The van der Waals surface area contributed by atoms with Gasteiger partial charge in [0.1, 0.15) is 5.03 Å². The summed E-state index contributed by atoms with van der Waals surface area (Å²) in [6.07, 6.45) is 2.51. The lowest BCUT2D eigenvalue weighted by Crippen LogP contribution is -2.33. The maximum absolute atomic E-state index is 12.0. The van der Waals surface area contributed by atoms with Gasteiger partial charge in [0.15, 0.2) is 11.6 Å². The van der Waals surface area contributed by atoms with Crippen LogP contribution in [0, 0.1) is 0 Å². The first-order chi connectivity index (χ1) is 11.7. The third-order valence-electron chi connectivity index (χ3n) is 3.67. The molecule has 5 nitrogen and oxygen atoms in total. The smallest absolute Gasteiger partial charge is 0.230 e. The number of amides is 1. The second-order valence-electron chi connectivity index (χ2n) is 5.51. The number of rotatable bonds is 6. The SMILES string of the molecule is CC[C@H](C)NC(=O)CSc1nc(-c2ccco2)nc2ccccc12. The van der Waals surface area contributed by atoms with Crippen molar-refractivity contribution in [1.82, 2.24) is 15.3 Å². The van der Waals surface area contributed by atoms with Gasteiger partial charge in [-0.15, -0.1) is 0 Å². The first kappa shape index (κ1) is 16.5. The van der Waals surface area contributed by atoms with Gasteiger partial charge >= 0.3 is 0 Å². The zero-order valence-corrected chi connectivity index (χ0v) is 14.5. The molecule has 2 heterocycles. The van der Waals surface area contributed by atoms with Gasteiger partial charge in [0.05, 0.1) is 17.5 Å². The molecule has 24 heavy (non-hydrogen) atoms. The minimum Gasteiger partial charge on any atom is -0.461 e. The summed E-state index contributed by atoms with van der Waals surface area (Å²) in [6, 6.07) is 11.6. The van der Waals surface area contributed by atoms with E-state index in [-0.39, 0.29) is 11.9 Å². The van der Waals surface area contributed by atoms with Crippen molar-refractivity contribution in [2.24, 2.45) is 0 Å². The van der Waals surface area contributed by atoms with Gasteiger partial charge in [0.25, 0.3) is 0 Å². The quantitative estimate of drug-likeness (QED) is 0.544. The topological polar surface area (TPSA) is 68.0 Å². The molecule has 1 amide bonds. The summed E-state index contributed by atoms with van der Waals surface area (Å²) in [4.78, 5) is 21.2. The van der Waals surface area contributed by atoms with Crippen LogP contribution in [0.5, 0.6) is 0 Å². The highest BCUT2D eigenvalue weighted by Gasteiger charge is 2.13. The highest BCUT2D eigenvalue weighted by molar-refractivity contribution is 8.00. The van der Waals surface area contributed by atoms with Crippen LogP contribution in [-0.2, 0) is 4.79 Å². The molecule has 2 aromatic heterocycles. The Bertz CT molecular complexity index is 833. The van der Waals surface area contributed by atoms with Crippen LogP contribution in [0.1, 0.15) is 20.3 Å². The Morgan fingerprint density at radius 2 is 2.08 bits per heavy atom. The van der Waals surface area contributed by atoms with E-state index < -0.39 is 0 Å². The Balaban J connectivity index is 1.87. The molecule has 0 fully saturated rings. The minimum absolute atomic E-state index is 0.0107. The maximum Gasteiger partial charge on any atom is 0.230 e. The van der Waals surface area contributed by atoms with Crippen molar-refractivity contribution >= 4 is 28.6 Å². The molecule has 0 radical (unpaired) electrons. The van der Waals surface area contributed by atoms with E-state index in [0.717, 1.165) is 22.3 Å². The van der Waals surface area contributed by atoms with Crippen molar-refractivity contribution in [3.63, 3.8) is 0 Å². The van der Waals surface area contributed by atoms with Crippen LogP contribution in [-0.4, -0.2) is 27.7 Å². The lowest BCUT2D eigenvalue weighted by atomic mass is 10.2. The van der Waals surface area contributed by atoms with Gasteiger partial charge in [-0.3, -0.25) is 4.79 Å². The summed E-state index contributed by atoms with van der Waals surface area (Å²) in [6.45, 7) is 4.04. The molecule has 1 aromatic carbocycles. The number of hydrogen-bond donors (Lipinski definition) is 1. The van der Waals surface area contributed by atoms with Crippen LogP contribution in [0.4, 0.5) is 0 Å². The Morgan fingerprint density at radius 3 is 2.83 bits per heavy atom. The van der Waals surface area contributed by atoms with Crippen LogP contribution in [0.15, 0.2) is 52.1 Å². The molecule has 0 unspecified atom stereocenters. The van der Waals surface area contributed by atoms with Crippen LogP contribution >= 0.6 is 11.8 Å². The molecular weight excluding hydrogens is 322 g/mol. The summed E-state index contributed by atoms with van der Waals surface area (Å²) in [5.74, 6) is 1.48. The van der Waals surface area contributed by atoms with Gasteiger partial charge in [-0.25, -0.2) is 9.97 Å². The molecule has 0 aliphatic rings. The van der Waals surface area contributed by atoms with E-state index in [9.17, 15) is 4.79 Å². The van der Waals surface area contributed by atoms with Crippen molar-refractivity contribution in [3.05, 3.63) is 42.7 Å². The monoisotopic (exact) mass is 341 g/mol. The lowest BCUT2D eigenvalue weighted by molar-refractivity contribution is -0.119. The molecule has 0 saturated heterocycles. The molecule has 124 valence electrons. The van der Waals surface area contributed by atoms with E-state index in [4.69, 9.17) is 4.42 Å². The van der Waals surface area contributed by atoms with Gasteiger partial charge in [0, 0.05) is 11.4 Å². The third kappa shape index (κ3) is 3.76. The van der Waals surface area contributed by atoms with Crippen molar-refractivity contribution in [2.75, 3.05) is 5.75 Å². The molecule has 0 aliphatic heterocycles. The molecule has 0 aliphatic carbocycles. The number of thioether (sulfide) groups is 1. The Labute approximate surface area is 144 Å². The molecule has 0 bridgehead atoms. The number of benzene rings is 1. The van der Waals surface area contributed by atoms with Crippen molar-refractivity contribution in [3.8, 4) is 11.6 Å². The standard InChI is InChI=1S/C18H19N3O2S/c1-3-12(2)19-16(22)11-24-18-13-7-4-5-8-14(13)20-17(21-18)15-9-6-10-23-15/h4-10,12H,3,11H2,1-2H3,(H,19,22)/t12-/m0/s1. The number of nitrogens with zero attached hydrogens (tertiary/aromatic N) is 2. The number of fused-ring (bicyclic) bond motifs is 1. The highest BCUT2D eigenvalue weighted by atomic mass is 32.2. The number of carbonyl (C=O) groups excluding carboxylic acids is 1. The summed E-state index contributed by atoms with van der Waals surface area (Å²) in [7, 11) is 0.